The van der Waals surface area contributed by atoms with Crippen LogP contribution in [0.4, 0.5) is 0 Å². The van der Waals surface area contributed by atoms with E-state index in [2.05, 4.69) is 0 Å². The SMILES string of the molecule is CCOc1cc(O)cc(Cl)c1OC. The molecule has 1 aromatic rings. The van der Waals surface area contributed by atoms with Gasteiger partial charge in [-0.3, -0.25) is 0 Å². The van der Waals surface area contributed by atoms with Crippen LogP contribution in [0, 0.1) is 0 Å². The zero-order chi connectivity index (χ0) is 9.84. The number of phenols is 1. The molecule has 0 aliphatic heterocycles. The Morgan fingerprint density at radius 1 is 1.46 bits per heavy atom. The van der Waals surface area contributed by atoms with Crippen LogP contribution in [0.3, 0.4) is 0 Å². The van der Waals surface area contributed by atoms with Crippen LogP contribution < -0.4 is 9.47 Å². The zero-order valence-corrected chi connectivity index (χ0v) is 8.26. The fourth-order valence-electron chi connectivity index (χ4n) is 1.02. The molecule has 0 aromatic heterocycles. The molecular formula is C9H11ClO3. The summed E-state index contributed by atoms with van der Waals surface area (Å²) in [6.45, 7) is 2.34. The van der Waals surface area contributed by atoms with E-state index in [4.69, 9.17) is 21.1 Å². The summed E-state index contributed by atoms with van der Waals surface area (Å²) in [5.41, 5.74) is 0. The first-order valence-electron chi connectivity index (χ1n) is 3.88. The summed E-state index contributed by atoms with van der Waals surface area (Å²) < 4.78 is 10.2. The number of benzene rings is 1. The first-order chi connectivity index (χ1) is 6.19. The van der Waals surface area contributed by atoms with Gasteiger partial charge in [-0.2, -0.15) is 0 Å². The number of hydrogen-bond acceptors (Lipinski definition) is 3. The van der Waals surface area contributed by atoms with Crippen LogP contribution in [-0.4, -0.2) is 18.8 Å². The number of rotatable bonds is 3. The topological polar surface area (TPSA) is 38.7 Å². The molecule has 0 spiro atoms. The molecule has 1 aromatic carbocycles. The second kappa shape index (κ2) is 4.23. The van der Waals surface area contributed by atoms with Gasteiger partial charge >= 0.3 is 0 Å². The summed E-state index contributed by atoms with van der Waals surface area (Å²) in [5.74, 6) is 0.963. The maximum Gasteiger partial charge on any atom is 0.179 e. The van der Waals surface area contributed by atoms with Crippen molar-refractivity contribution in [2.75, 3.05) is 13.7 Å². The van der Waals surface area contributed by atoms with Crippen molar-refractivity contribution in [1.29, 1.82) is 0 Å². The van der Waals surface area contributed by atoms with Crippen molar-refractivity contribution in [1.82, 2.24) is 0 Å². The zero-order valence-electron chi connectivity index (χ0n) is 7.50. The molecule has 4 heteroatoms. The molecule has 13 heavy (non-hydrogen) atoms. The molecule has 0 amide bonds. The third-order valence-electron chi connectivity index (χ3n) is 1.50. The van der Waals surface area contributed by atoms with E-state index in [0.29, 0.717) is 23.1 Å². The highest BCUT2D eigenvalue weighted by Crippen LogP contribution is 2.38. The Labute approximate surface area is 81.9 Å². The quantitative estimate of drug-likeness (QED) is 0.819. The van der Waals surface area contributed by atoms with Gasteiger partial charge in [0, 0.05) is 12.1 Å². The molecule has 0 fully saturated rings. The molecule has 3 nitrogen and oxygen atoms in total. The molecule has 0 aliphatic carbocycles. The third-order valence-corrected chi connectivity index (χ3v) is 1.78. The van der Waals surface area contributed by atoms with Crippen LogP contribution in [0.2, 0.25) is 5.02 Å². The molecule has 0 radical (unpaired) electrons. The summed E-state index contributed by atoms with van der Waals surface area (Å²) in [6, 6.07) is 2.87. The Morgan fingerprint density at radius 2 is 2.15 bits per heavy atom. The summed E-state index contributed by atoms with van der Waals surface area (Å²) in [6.07, 6.45) is 0. The summed E-state index contributed by atoms with van der Waals surface area (Å²) in [4.78, 5) is 0. The Kier molecular flexibility index (Phi) is 3.25. The highest BCUT2D eigenvalue weighted by molar-refractivity contribution is 6.32. The Morgan fingerprint density at radius 3 is 2.69 bits per heavy atom. The molecule has 0 saturated heterocycles. The van der Waals surface area contributed by atoms with E-state index in [1.807, 2.05) is 6.92 Å². The molecule has 1 N–H and O–H groups in total. The van der Waals surface area contributed by atoms with E-state index in [1.165, 1.54) is 19.2 Å². The normalized spacial score (nSPS) is 9.77. The second-order valence-electron chi connectivity index (χ2n) is 2.39. The van der Waals surface area contributed by atoms with Crippen molar-refractivity contribution in [3.8, 4) is 17.2 Å². The third kappa shape index (κ3) is 2.18. The van der Waals surface area contributed by atoms with Gasteiger partial charge in [0.1, 0.15) is 5.75 Å². The minimum absolute atomic E-state index is 0.0641. The lowest BCUT2D eigenvalue weighted by molar-refractivity contribution is 0.309. The van der Waals surface area contributed by atoms with Crippen molar-refractivity contribution < 1.29 is 14.6 Å². The van der Waals surface area contributed by atoms with Crippen LogP contribution in [0.15, 0.2) is 12.1 Å². The minimum atomic E-state index is 0.0641. The van der Waals surface area contributed by atoms with Crippen LogP contribution in [0.1, 0.15) is 6.92 Å². The lowest BCUT2D eigenvalue weighted by Crippen LogP contribution is -1.95. The van der Waals surface area contributed by atoms with Crippen molar-refractivity contribution >= 4 is 11.6 Å². The van der Waals surface area contributed by atoms with Crippen LogP contribution >= 0.6 is 11.6 Å². The van der Waals surface area contributed by atoms with Crippen molar-refractivity contribution in [2.24, 2.45) is 0 Å². The maximum atomic E-state index is 9.22. The monoisotopic (exact) mass is 202 g/mol. The van der Waals surface area contributed by atoms with Crippen molar-refractivity contribution in [2.45, 2.75) is 6.92 Å². The van der Waals surface area contributed by atoms with Crippen LogP contribution in [0.25, 0.3) is 0 Å². The Hall–Kier alpha value is -1.09. The fraction of sp³-hybridized carbons (Fsp3) is 0.333. The molecule has 0 bridgehead atoms. The van der Waals surface area contributed by atoms with E-state index >= 15 is 0 Å². The number of ether oxygens (including phenoxy) is 2. The van der Waals surface area contributed by atoms with Crippen molar-refractivity contribution in [3.63, 3.8) is 0 Å². The largest absolute Gasteiger partial charge is 0.508 e. The summed E-state index contributed by atoms with van der Waals surface area (Å²) >= 11 is 5.81. The maximum absolute atomic E-state index is 9.22. The van der Waals surface area contributed by atoms with E-state index in [-0.39, 0.29) is 5.75 Å². The average molecular weight is 203 g/mol. The molecule has 0 heterocycles. The van der Waals surface area contributed by atoms with E-state index in [1.54, 1.807) is 0 Å². The second-order valence-corrected chi connectivity index (χ2v) is 2.80. The smallest absolute Gasteiger partial charge is 0.179 e. The molecule has 0 saturated carbocycles. The lowest BCUT2D eigenvalue weighted by atomic mass is 10.3. The Bertz CT molecular complexity index is 299. The first-order valence-corrected chi connectivity index (χ1v) is 4.26. The van der Waals surface area contributed by atoms with Gasteiger partial charge in [-0.1, -0.05) is 11.6 Å². The molecular weight excluding hydrogens is 192 g/mol. The first kappa shape index (κ1) is 9.99. The molecule has 0 aliphatic rings. The van der Waals surface area contributed by atoms with Gasteiger partial charge in [-0.05, 0) is 6.92 Å². The predicted octanol–water partition coefficient (Wildman–Crippen LogP) is 2.45. The van der Waals surface area contributed by atoms with Gasteiger partial charge in [0.15, 0.2) is 11.5 Å². The van der Waals surface area contributed by atoms with Crippen LogP contribution in [-0.2, 0) is 0 Å². The fourth-order valence-corrected chi connectivity index (χ4v) is 1.30. The summed E-state index contributed by atoms with van der Waals surface area (Å²) in [5, 5.41) is 9.56. The van der Waals surface area contributed by atoms with Crippen LogP contribution in [0.5, 0.6) is 17.2 Å². The van der Waals surface area contributed by atoms with Crippen molar-refractivity contribution in [3.05, 3.63) is 17.2 Å². The van der Waals surface area contributed by atoms with Gasteiger partial charge in [0.05, 0.1) is 18.7 Å². The number of phenolic OH excluding ortho intramolecular Hbond substituents is 1. The average Bonchev–Trinajstić information content (AvgIpc) is 2.04. The Balaban J connectivity index is 3.13. The van der Waals surface area contributed by atoms with Gasteiger partial charge < -0.3 is 14.6 Å². The highest BCUT2D eigenvalue weighted by atomic mass is 35.5. The van der Waals surface area contributed by atoms with E-state index < -0.39 is 0 Å². The summed E-state index contributed by atoms with van der Waals surface area (Å²) in [7, 11) is 1.50. The van der Waals surface area contributed by atoms with Gasteiger partial charge in [0.2, 0.25) is 0 Å². The van der Waals surface area contributed by atoms with Gasteiger partial charge in [0.25, 0.3) is 0 Å². The lowest BCUT2D eigenvalue weighted by Gasteiger charge is -2.10. The molecule has 0 unspecified atom stereocenters. The number of aromatic hydroxyl groups is 1. The van der Waals surface area contributed by atoms with E-state index in [9.17, 15) is 5.11 Å². The van der Waals surface area contributed by atoms with Gasteiger partial charge in [-0.15, -0.1) is 0 Å². The molecule has 1 rings (SSSR count). The minimum Gasteiger partial charge on any atom is -0.508 e. The molecule has 72 valence electrons. The predicted molar refractivity (Wildman–Crippen MR) is 50.8 cm³/mol. The standard InChI is InChI=1S/C9H11ClO3/c1-3-13-8-5-6(11)4-7(10)9(8)12-2/h4-5,11H,3H2,1-2H3. The van der Waals surface area contributed by atoms with E-state index in [0.717, 1.165) is 0 Å². The number of hydrogen-bond donors (Lipinski definition) is 1. The number of methoxy groups -OCH3 is 1. The highest BCUT2D eigenvalue weighted by Gasteiger charge is 2.10. The van der Waals surface area contributed by atoms with Gasteiger partial charge in [-0.25, -0.2) is 0 Å². The molecule has 0 atom stereocenters. The number of halogens is 1.